The van der Waals surface area contributed by atoms with Crippen molar-refractivity contribution >= 4 is 34.0 Å². The molecule has 2 rings (SSSR count). The Morgan fingerprint density at radius 2 is 1.85 bits per heavy atom. The minimum atomic E-state index is -0.849. The number of hydrogen-bond donors (Lipinski definition) is 3. The number of phenols is 1. The predicted octanol–water partition coefficient (Wildman–Crippen LogP) is 3.04. The smallest absolute Gasteiger partial charge is 0.329 e. The number of hydrogen-bond acceptors (Lipinski definition) is 4. The molecule has 0 aromatic heterocycles. The van der Waals surface area contributed by atoms with Gasteiger partial charge in [0, 0.05) is 6.54 Å². The predicted molar refractivity (Wildman–Crippen MR) is 104 cm³/mol. The van der Waals surface area contributed by atoms with Gasteiger partial charge in [-0.15, -0.1) is 0 Å². The lowest BCUT2D eigenvalue weighted by atomic mass is 10.0. The Kier molecular flexibility index (Phi) is 6.91. The van der Waals surface area contributed by atoms with Gasteiger partial charge >= 0.3 is 11.8 Å². The Balaban J connectivity index is 1.82. The van der Waals surface area contributed by atoms with Crippen LogP contribution >= 0.6 is 15.9 Å². The zero-order chi connectivity index (χ0) is 19.1. The van der Waals surface area contributed by atoms with Gasteiger partial charge in [0.25, 0.3) is 0 Å². The number of carbonyl (C=O) groups is 2. The second-order valence-corrected chi connectivity index (χ2v) is 6.84. The number of hydrazone groups is 1. The summed E-state index contributed by atoms with van der Waals surface area (Å²) in [6.45, 7) is 4.48. The molecular weight excluding hydrogens is 398 g/mol. The molecule has 0 fully saturated rings. The molecule has 0 radical (unpaired) electrons. The molecule has 26 heavy (non-hydrogen) atoms. The van der Waals surface area contributed by atoms with E-state index in [2.05, 4.69) is 45.6 Å². The molecule has 0 aliphatic carbocycles. The SMILES string of the molecule is CC(C)c1ccc(CNC(=O)C(=O)N/N=C/c2ccc(O)c(Br)c2)cc1. The van der Waals surface area contributed by atoms with Crippen LogP contribution in [-0.4, -0.2) is 23.1 Å². The van der Waals surface area contributed by atoms with E-state index in [0.29, 0.717) is 16.0 Å². The number of nitrogens with one attached hydrogen (secondary N) is 2. The van der Waals surface area contributed by atoms with E-state index >= 15 is 0 Å². The number of nitrogens with zero attached hydrogens (tertiary/aromatic N) is 1. The summed E-state index contributed by atoms with van der Waals surface area (Å²) in [5.74, 6) is -1.07. The normalized spacial score (nSPS) is 10.9. The number of carbonyl (C=O) groups excluding carboxylic acids is 2. The molecule has 136 valence electrons. The quantitative estimate of drug-likeness (QED) is 0.396. The molecule has 0 aliphatic heterocycles. The van der Waals surface area contributed by atoms with Crippen LogP contribution in [0.1, 0.15) is 36.5 Å². The highest BCUT2D eigenvalue weighted by atomic mass is 79.9. The topological polar surface area (TPSA) is 90.8 Å². The second-order valence-electron chi connectivity index (χ2n) is 5.99. The summed E-state index contributed by atoms with van der Waals surface area (Å²) < 4.78 is 0.508. The maximum Gasteiger partial charge on any atom is 0.329 e. The molecule has 2 aromatic carbocycles. The average Bonchev–Trinajstić information content (AvgIpc) is 2.62. The van der Waals surface area contributed by atoms with Crippen LogP contribution in [0.5, 0.6) is 5.75 Å². The Morgan fingerprint density at radius 1 is 1.15 bits per heavy atom. The third kappa shape index (κ3) is 5.70. The van der Waals surface area contributed by atoms with Crippen molar-refractivity contribution < 1.29 is 14.7 Å². The monoisotopic (exact) mass is 417 g/mol. The van der Waals surface area contributed by atoms with Gasteiger partial charge in [-0.1, -0.05) is 38.1 Å². The van der Waals surface area contributed by atoms with E-state index in [9.17, 15) is 14.7 Å². The van der Waals surface area contributed by atoms with Gasteiger partial charge in [-0.05, 0) is 56.7 Å². The van der Waals surface area contributed by atoms with Crippen LogP contribution in [0.25, 0.3) is 0 Å². The van der Waals surface area contributed by atoms with Gasteiger partial charge in [-0.3, -0.25) is 9.59 Å². The zero-order valence-corrected chi connectivity index (χ0v) is 16.1. The zero-order valence-electron chi connectivity index (χ0n) is 14.5. The van der Waals surface area contributed by atoms with Gasteiger partial charge in [0.2, 0.25) is 0 Å². The first-order valence-corrected chi connectivity index (χ1v) is 8.84. The minimum absolute atomic E-state index is 0.104. The summed E-state index contributed by atoms with van der Waals surface area (Å²) in [7, 11) is 0. The van der Waals surface area contributed by atoms with Crippen LogP contribution in [0, 0.1) is 0 Å². The van der Waals surface area contributed by atoms with E-state index in [1.807, 2.05) is 24.3 Å². The van der Waals surface area contributed by atoms with Crippen LogP contribution < -0.4 is 10.7 Å². The largest absolute Gasteiger partial charge is 0.507 e. The van der Waals surface area contributed by atoms with Crippen molar-refractivity contribution in [3.63, 3.8) is 0 Å². The van der Waals surface area contributed by atoms with Gasteiger partial charge in [0.1, 0.15) is 5.75 Å². The second kappa shape index (κ2) is 9.15. The molecule has 2 amide bonds. The number of rotatable bonds is 5. The van der Waals surface area contributed by atoms with Gasteiger partial charge in [-0.25, -0.2) is 5.43 Å². The maximum atomic E-state index is 11.8. The summed E-state index contributed by atoms with van der Waals surface area (Å²) in [5, 5.41) is 15.7. The number of phenolic OH excluding ortho intramolecular Hbond substituents is 1. The van der Waals surface area contributed by atoms with Crippen LogP contribution in [0.15, 0.2) is 52.0 Å². The van der Waals surface area contributed by atoms with Crippen molar-refractivity contribution in [3.05, 3.63) is 63.6 Å². The lowest BCUT2D eigenvalue weighted by Gasteiger charge is -2.07. The molecule has 0 heterocycles. The fraction of sp³-hybridized carbons (Fsp3) is 0.211. The Labute approximate surface area is 160 Å². The summed E-state index contributed by atoms with van der Waals surface area (Å²) in [6, 6.07) is 12.6. The molecule has 7 heteroatoms. The molecule has 0 aliphatic rings. The standard InChI is InChI=1S/C19H20BrN3O3/c1-12(2)15-6-3-13(4-7-15)10-21-18(25)19(26)23-22-11-14-5-8-17(24)16(20)9-14/h3-9,11-12,24H,10H2,1-2H3,(H,21,25)(H,23,26)/b22-11+. The first-order chi connectivity index (χ1) is 12.4. The van der Waals surface area contributed by atoms with Crippen molar-refractivity contribution in [1.82, 2.24) is 10.7 Å². The van der Waals surface area contributed by atoms with E-state index < -0.39 is 11.8 Å². The molecule has 6 nitrogen and oxygen atoms in total. The van der Waals surface area contributed by atoms with Gasteiger partial charge < -0.3 is 10.4 Å². The summed E-state index contributed by atoms with van der Waals surface area (Å²) in [6.07, 6.45) is 1.38. The highest BCUT2D eigenvalue weighted by Crippen LogP contribution is 2.23. The summed E-state index contributed by atoms with van der Waals surface area (Å²) >= 11 is 3.18. The number of amides is 2. The molecule has 0 spiro atoms. The lowest BCUT2D eigenvalue weighted by molar-refractivity contribution is -0.139. The first kappa shape index (κ1) is 19.7. The average molecular weight is 418 g/mol. The molecule has 2 aromatic rings. The summed E-state index contributed by atoms with van der Waals surface area (Å²) in [5.41, 5.74) is 4.95. The van der Waals surface area contributed by atoms with Crippen molar-refractivity contribution in [2.75, 3.05) is 0 Å². The number of benzene rings is 2. The van der Waals surface area contributed by atoms with Crippen molar-refractivity contribution in [3.8, 4) is 5.75 Å². The van der Waals surface area contributed by atoms with Crippen LogP contribution in [0.3, 0.4) is 0 Å². The molecule has 0 bridgehead atoms. The molecular formula is C19H20BrN3O3. The van der Waals surface area contributed by atoms with E-state index in [1.54, 1.807) is 12.1 Å². The number of aromatic hydroxyl groups is 1. The van der Waals surface area contributed by atoms with Crippen LogP contribution in [0.4, 0.5) is 0 Å². The minimum Gasteiger partial charge on any atom is -0.507 e. The van der Waals surface area contributed by atoms with E-state index in [-0.39, 0.29) is 12.3 Å². The molecule has 3 N–H and O–H groups in total. The third-order valence-electron chi connectivity index (χ3n) is 3.66. The molecule has 0 unspecified atom stereocenters. The summed E-state index contributed by atoms with van der Waals surface area (Å²) in [4.78, 5) is 23.5. The van der Waals surface area contributed by atoms with Crippen LogP contribution in [0.2, 0.25) is 0 Å². The fourth-order valence-electron chi connectivity index (χ4n) is 2.10. The molecule has 0 atom stereocenters. The third-order valence-corrected chi connectivity index (χ3v) is 4.29. The molecule has 0 saturated carbocycles. The van der Waals surface area contributed by atoms with Gasteiger partial charge in [0.05, 0.1) is 10.7 Å². The molecule has 0 saturated heterocycles. The van der Waals surface area contributed by atoms with Crippen molar-refractivity contribution in [2.24, 2.45) is 5.10 Å². The van der Waals surface area contributed by atoms with E-state index in [1.165, 1.54) is 17.8 Å². The Bertz CT molecular complexity index is 817. The van der Waals surface area contributed by atoms with Crippen molar-refractivity contribution in [1.29, 1.82) is 0 Å². The van der Waals surface area contributed by atoms with Crippen LogP contribution in [-0.2, 0) is 16.1 Å². The van der Waals surface area contributed by atoms with E-state index in [4.69, 9.17) is 0 Å². The van der Waals surface area contributed by atoms with E-state index in [0.717, 1.165) is 5.56 Å². The Hall–Kier alpha value is -2.67. The van der Waals surface area contributed by atoms with Gasteiger partial charge in [-0.2, -0.15) is 5.10 Å². The highest BCUT2D eigenvalue weighted by Gasteiger charge is 2.12. The lowest BCUT2D eigenvalue weighted by Crippen LogP contribution is -2.37. The Morgan fingerprint density at radius 3 is 2.46 bits per heavy atom. The van der Waals surface area contributed by atoms with Gasteiger partial charge in [0.15, 0.2) is 0 Å². The number of halogens is 1. The highest BCUT2D eigenvalue weighted by molar-refractivity contribution is 9.10. The first-order valence-electron chi connectivity index (χ1n) is 8.05. The maximum absolute atomic E-state index is 11.8. The fourth-order valence-corrected chi connectivity index (χ4v) is 2.50. The van der Waals surface area contributed by atoms with Crippen molar-refractivity contribution in [2.45, 2.75) is 26.3 Å².